The number of rotatable bonds is 8. The lowest BCUT2D eigenvalue weighted by Gasteiger charge is -2.34. The standard InChI is InChI=1S/C30H36F2N8/c1-3-10-39-11-13-40(14-12-39)19-20-8-9-26(33-17-20)35-30-34-18-25(32)27(36-30)22-15-23-28(24(31)16-22)37-38(2)29(23)21-6-4-5-7-21/h8-9,15-18,21H,3-7,10-14,19H2,1-2H3,(H,33,34,35,36). The van der Waals surface area contributed by atoms with Crippen molar-refractivity contribution >= 4 is 22.7 Å². The summed E-state index contributed by atoms with van der Waals surface area (Å²) in [5, 5.41) is 8.23. The quantitative estimate of drug-likeness (QED) is 0.307. The van der Waals surface area contributed by atoms with Gasteiger partial charge in [0.15, 0.2) is 11.6 Å². The fraction of sp³-hybridized carbons (Fsp3) is 0.467. The number of aromatic nitrogens is 5. The number of hydrogen-bond donors (Lipinski definition) is 1. The van der Waals surface area contributed by atoms with Crippen LogP contribution in [0.5, 0.6) is 0 Å². The van der Waals surface area contributed by atoms with Gasteiger partial charge in [-0.25, -0.2) is 23.7 Å². The number of fused-ring (bicyclic) bond motifs is 1. The van der Waals surface area contributed by atoms with Gasteiger partial charge in [-0.05, 0) is 49.6 Å². The highest BCUT2D eigenvalue weighted by atomic mass is 19.1. The van der Waals surface area contributed by atoms with Crippen LogP contribution in [0.3, 0.4) is 0 Å². The van der Waals surface area contributed by atoms with Gasteiger partial charge in [0.2, 0.25) is 5.95 Å². The molecule has 40 heavy (non-hydrogen) atoms. The van der Waals surface area contributed by atoms with Gasteiger partial charge >= 0.3 is 0 Å². The molecule has 0 bridgehead atoms. The molecule has 0 atom stereocenters. The summed E-state index contributed by atoms with van der Waals surface area (Å²) in [5.74, 6) is -0.00317. The molecule has 0 spiro atoms. The smallest absolute Gasteiger partial charge is 0.229 e. The molecular weight excluding hydrogens is 510 g/mol. The van der Waals surface area contributed by atoms with Crippen LogP contribution in [0.15, 0.2) is 36.7 Å². The highest BCUT2D eigenvalue weighted by Crippen LogP contribution is 2.39. The molecule has 1 N–H and O–H groups in total. The molecule has 0 amide bonds. The molecule has 210 valence electrons. The van der Waals surface area contributed by atoms with E-state index in [1.165, 1.54) is 12.5 Å². The number of anilines is 2. The Morgan fingerprint density at radius 2 is 1.73 bits per heavy atom. The fourth-order valence-electron chi connectivity index (χ4n) is 6.18. The van der Waals surface area contributed by atoms with Crippen molar-refractivity contribution in [2.24, 2.45) is 7.05 Å². The summed E-state index contributed by atoms with van der Waals surface area (Å²) in [6.45, 7) is 8.56. The third-order valence-electron chi connectivity index (χ3n) is 8.17. The molecule has 10 heteroatoms. The van der Waals surface area contributed by atoms with Crippen molar-refractivity contribution in [3.8, 4) is 11.3 Å². The Hall–Kier alpha value is -3.50. The van der Waals surface area contributed by atoms with Crippen molar-refractivity contribution in [3.05, 3.63) is 59.6 Å². The Morgan fingerprint density at radius 3 is 2.45 bits per heavy atom. The number of hydrogen-bond acceptors (Lipinski definition) is 7. The zero-order chi connectivity index (χ0) is 27.6. The van der Waals surface area contributed by atoms with Crippen molar-refractivity contribution in [2.75, 3.05) is 38.0 Å². The number of pyridine rings is 1. The van der Waals surface area contributed by atoms with Crippen LogP contribution in [-0.4, -0.2) is 67.3 Å². The van der Waals surface area contributed by atoms with Crippen molar-refractivity contribution < 1.29 is 8.78 Å². The topological polar surface area (TPSA) is 75.0 Å². The van der Waals surface area contributed by atoms with Gasteiger partial charge in [-0.15, -0.1) is 0 Å². The Labute approximate surface area is 233 Å². The maximum atomic E-state index is 15.2. The molecule has 1 aliphatic heterocycles. The van der Waals surface area contributed by atoms with Crippen molar-refractivity contribution in [2.45, 2.75) is 51.5 Å². The number of benzene rings is 1. The van der Waals surface area contributed by atoms with Crippen molar-refractivity contribution in [1.82, 2.24) is 34.5 Å². The minimum absolute atomic E-state index is 0.0401. The number of nitrogens with one attached hydrogen (secondary N) is 1. The maximum Gasteiger partial charge on any atom is 0.229 e. The molecule has 4 heterocycles. The number of piperazine rings is 1. The SMILES string of the molecule is CCCN1CCN(Cc2ccc(Nc3ncc(F)c(-c4cc(F)c5nn(C)c(C6CCCC6)c5c4)n3)nc2)CC1. The van der Waals surface area contributed by atoms with Crippen LogP contribution in [0.2, 0.25) is 0 Å². The molecule has 1 saturated heterocycles. The van der Waals surface area contributed by atoms with Crippen LogP contribution < -0.4 is 5.32 Å². The molecule has 2 fully saturated rings. The van der Waals surface area contributed by atoms with Crippen LogP contribution in [0, 0.1) is 11.6 Å². The third-order valence-corrected chi connectivity index (χ3v) is 8.17. The van der Waals surface area contributed by atoms with Gasteiger partial charge in [-0.3, -0.25) is 9.58 Å². The Bertz CT molecular complexity index is 1470. The number of aryl methyl sites for hydroxylation is 1. The van der Waals surface area contributed by atoms with E-state index in [4.69, 9.17) is 0 Å². The minimum Gasteiger partial charge on any atom is -0.309 e. The van der Waals surface area contributed by atoms with Gasteiger partial charge in [-0.2, -0.15) is 5.10 Å². The average Bonchev–Trinajstić information content (AvgIpc) is 3.59. The molecule has 4 aromatic rings. The largest absolute Gasteiger partial charge is 0.309 e. The molecule has 8 nitrogen and oxygen atoms in total. The molecule has 1 aromatic carbocycles. The van der Waals surface area contributed by atoms with E-state index in [2.05, 4.69) is 42.1 Å². The van der Waals surface area contributed by atoms with Crippen LogP contribution >= 0.6 is 0 Å². The highest BCUT2D eigenvalue weighted by molar-refractivity contribution is 5.87. The summed E-state index contributed by atoms with van der Waals surface area (Å²) in [6.07, 6.45) is 8.56. The predicted molar refractivity (Wildman–Crippen MR) is 152 cm³/mol. The summed E-state index contributed by atoms with van der Waals surface area (Å²) in [4.78, 5) is 18.0. The van der Waals surface area contributed by atoms with E-state index >= 15 is 4.39 Å². The summed E-state index contributed by atoms with van der Waals surface area (Å²) in [7, 11) is 1.85. The van der Waals surface area contributed by atoms with Gasteiger partial charge in [0.05, 0.1) is 6.20 Å². The van der Waals surface area contributed by atoms with E-state index < -0.39 is 11.6 Å². The molecule has 1 aliphatic carbocycles. The second kappa shape index (κ2) is 11.5. The van der Waals surface area contributed by atoms with Crippen LogP contribution in [-0.2, 0) is 13.6 Å². The monoisotopic (exact) mass is 546 g/mol. The average molecular weight is 547 g/mol. The normalized spacial score (nSPS) is 17.2. The van der Waals surface area contributed by atoms with Crippen LogP contribution in [0.1, 0.15) is 56.2 Å². The summed E-state index contributed by atoms with van der Waals surface area (Å²) < 4.78 is 31.9. The van der Waals surface area contributed by atoms with Gasteiger partial charge in [0, 0.05) is 68.5 Å². The van der Waals surface area contributed by atoms with E-state index in [1.807, 2.05) is 31.4 Å². The first-order valence-corrected chi connectivity index (χ1v) is 14.3. The zero-order valence-electron chi connectivity index (χ0n) is 23.2. The summed E-state index contributed by atoms with van der Waals surface area (Å²) >= 11 is 0. The van der Waals surface area contributed by atoms with E-state index in [9.17, 15) is 4.39 Å². The molecule has 2 aliphatic rings. The van der Waals surface area contributed by atoms with Crippen molar-refractivity contribution in [1.29, 1.82) is 0 Å². The molecule has 3 aromatic heterocycles. The van der Waals surface area contributed by atoms with Gasteiger partial charge in [-0.1, -0.05) is 25.8 Å². The van der Waals surface area contributed by atoms with E-state index in [-0.39, 0.29) is 11.6 Å². The van der Waals surface area contributed by atoms with Gasteiger partial charge in [0.1, 0.15) is 17.0 Å². The zero-order valence-corrected chi connectivity index (χ0v) is 23.2. The van der Waals surface area contributed by atoms with E-state index in [0.717, 1.165) is 87.8 Å². The van der Waals surface area contributed by atoms with Crippen molar-refractivity contribution in [3.63, 3.8) is 0 Å². The third kappa shape index (κ3) is 5.55. The van der Waals surface area contributed by atoms with E-state index in [0.29, 0.717) is 22.8 Å². The minimum atomic E-state index is -0.613. The molecular formula is C30H36F2N8. The first-order valence-electron chi connectivity index (χ1n) is 14.3. The predicted octanol–water partition coefficient (Wildman–Crippen LogP) is 5.63. The van der Waals surface area contributed by atoms with Gasteiger partial charge in [0.25, 0.3) is 0 Å². The first-order chi connectivity index (χ1) is 19.5. The number of halogens is 2. The Kier molecular flexibility index (Phi) is 7.71. The lowest BCUT2D eigenvalue weighted by molar-refractivity contribution is 0.127. The second-order valence-corrected chi connectivity index (χ2v) is 11.0. The molecule has 1 saturated carbocycles. The molecule has 6 rings (SSSR count). The Balaban J connectivity index is 1.19. The summed E-state index contributed by atoms with van der Waals surface area (Å²) in [6, 6.07) is 7.03. The Morgan fingerprint density at radius 1 is 0.950 bits per heavy atom. The van der Waals surface area contributed by atoms with Crippen LogP contribution in [0.25, 0.3) is 22.2 Å². The summed E-state index contributed by atoms with van der Waals surface area (Å²) in [5.41, 5.74) is 2.86. The van der Waals surface area contributed by atoms with E-state index in [1.54, 1.807) is 4.68 Å². The lowest BCUT2D eigenvalue weighted by Crippen LogP contribution is -2.45. The fourth-order valence-corrected chi connectivity index (χ4v) is 6.18. The molecule has 0 unspecified atom stereocenters. The van der Waals surface area contributed by atoms with Crippen LogP contribution in [0.4, 0.5) is 20.5 Å². The highest BCUT2D eigenvalue weighted by Gasteiger charge is 2.25. The van der Waals surface area contributed by atoms with Gasteiger partial charge < -0.3 is 10.2 Å². The second-order valence-electron chi connectivity index (χ2n) is 11.0. The first kappa shape index (κ1) is 26.7. The molecule has 0 radical (unpaired) electrons. The number of nitrogens with zero attached hydrogens (tertiary/aromatic N) is 7. The maximum absolute atomic E-state index is 15.2. The lowest BCUT2D eigenvalue weighted by atomic mass is 9.98.